The van der Waals surface area contributed by atoms with Crippen molar-refractivity contribution in [2.45, 2.75) is 19.9 Å². The third-order valence-corrected chi connectivity index (χ3v) is 2.26. The molecule has 15 heavy (non-hydrogen) atoms. The molecule has 78 valence electrons. The van der Waals surface area contributed by atoms with Crippen molar-refractivity contribution in [1.82, 2.24) is 4.98 Å². The summed E-state index contributed by atoms with van der Waals surface area (Å²) >= 11 is 0. The van der Waals surface area contributed by atoms with Gasteiger partial charge in [-0.1, -0.05) is 0 Å². The summed E-state index contributed by atoms with van der Waals surface area (Å²) in [7, 11) is 0. The standard InChI is InChI=1S/C12H14N2O/c1-9-5-6-11(8-13-9)14-10(2)12-4-3-7-15-12/h3-8,10,14H,1-2H3/t10-/m1/s1. The SMILES string of the molecule is Cc1ccc(N[C@H](C)c2ccco2)cn1. The zero-order valence-corrected chi connectivity index (χ0v) is 8.90. The summed E-state index contributed by atoms with van der Waals surface area (Å²) in [5, 5.41) is 3.32. The Morgan fingerprint density at radius 1 is 1.33 bits per heavy atom. The molecule has 3 nitrogen and oxygen atoms in total. The van der Waals surface area contributed by atoms with Crippen molar-refractivity contribution in [3.05, 3.63) is 48.2 Å². The van der Waals surface area contributed by atoms with E-state index in [4.69, 9.17) is 4.42 Å². The Bertz CT molecular complexity index is 406. The molecule has 0 unspecified atom stereocenters. The largest absolute Gasteiger partial charge is 0.467 e. The lowest BCUT2D eigenvalue weighted by atomic mass is 10.2. The molecule has 0 aliphatic rings. The molecular weight excluding hydrogens is 188 g/mol. The van der Waals surface area contributed by atoms with Crippen LogP contribution in [0.5, 0.6) is 0 Å². The number of pyridine rings is 1. The van der Waals surface area contributed by atoms with E-state index in [2.05, 4.69) is 17.2 Å². The Morgan fingerprint density at radius 2 is 2.20 bits per heavy atom. The summed E-state index contributed by atoms with van der Waals surface area (Å²) in [5.74, 6) is 0.926. The molecule has 0 aliphatic heterocycles. The van der Waals surface area contributed by atoms with Crippen LogP contribution in [0.1, 0.15) is 24.4 Å². The molecule has 0 saturated heterocycles. The van der Waals surface area contributed by atoms with Crippen LogP contribution in [0.2, 0.25) is 0 Å². The first kappa shape index (κ1) is 9.77. The number of nitrogens with one attached hydrogen (secondary N) is 1. The van der Waals surface area contributed by atoms with Crippen molar-refractivity contribution in [1.29, 1.82) is 0 Å². The molecule has 3 heteroatoms. The predicted octanol–water partition coefficient (Wildman–Crippen LogP) is 3.16. The van der Waals surface area contributed by atoms with E-state index < -0.39 is 0 Å². The van der Waals surface area contributed by atoms with Crippen LogP contribution in [-0.2, 0) is 0 Å². The Labute approximate surface area is 89.1 Å². The van der Waals surface area contributed by atoms with Gasteiger partial charge in [-0.2, -0.15) is 0 Å². The highest BCUT2D eigenvalue weighted by atomic mass is 16.3. The van der Waals surface area contributed by atoms with E-state index in [9.17, 15) is 0 Å². The molecule has 0 amide bonds. The highest BCUT2D eigenvalue weighted by molar-refractivity contribution is 5.42. The summed E-state index contributed by atoms with van der Waals surface area (Å²) in [4.78, 5) is 4.22. The zero-order chi connectivity index (χ0) is 10.7. The van der Waals surface area contributed by atoms with Crippen molar-refractivity contribution >= 4 is 5.69 Å². The molecule has 0 aromatic carbocycles. The van der Waals surface area contributed by atoms with Gasteiger partial charge in [0.25, 0.3) is 0 Å². The summed E-state index contributed by atoms with van der Waals surface area (Å²) in [6, 6.07) is 8.00. The molecule has 0 bridgehead atoms. The molecule has 1 N–H and O–H groups in total. The molecule has 0 radical (unpaired) electrons. The lowest BCUT2D eigenvalue weighted by molar-refractivity contribution is 0.490. The summed E-state index contributed by atoms with van der Waals surface area (Å²) in [6.45, 7) is 4.03. The van der Waals surface area contributed by atoms with E-state index in [1.807, 2.05) is 37.4 Å². The van der Waals surface area contributed by atoms with Crippen LogP contribution in [0.15, 0.2) is 41.1 Å². The lowest BCUT2D eigenvalue weighted by Gasteiger charge is -2.12. The molecule has 2 rings (SSSR count). The number of furan rings is 1. The smallest absolute Gasteiger partial charge is 0.125 e. The molecule has 0 spiro atoms. The lowest BCUT2D eigenvalue weighted by Crippen LogP contribution is -2.05. The van der Waals surface area contributed by atoms with Gasteiger partial charge in [-0.25, -0.2) is 0 Å². The molecule has 0 aliphatic carbocycles. The van der Waals surface area contributed by atoms with Crippen LogP contribution in [-0.4, -0.2) is 4.98 Å². The van der Waals surface area contributed by atoms with Crippen molar-refractivity contribution in [2.24, 2.45) is 0 Å². The first-order chi connectivity index (χ1) is 7.25. The van der Waals surface area contributed by atoms with E-state index in [1.54, 1.807) is 6.26 Å². The minimum atomic E-state index is 0.157. The number of nitrogens with zero attached hydrogens (tertiary/aromatic N) is 1. The highest BCUT2D eigenvalue weighted by Crippen LogP contribution is 2.18. The van der Waals surface area contributed by atoms with Gasteiger partial charge in [0.2, 0.25) is 0 Å². The summed E-state index contributed by atoms with van der Waals surface area (Å²) < 4.78 is 5.31. The van der Waals surface area contributed by atoms with Gasteiger partial charge >= 0.3 is 0 Å². The first-order valence-corrected chi connectivity index (χ1v) is 4.98. The van der Waals surface area contributed by atoms with Crippen LogP contribution in [0.3, 0.4) is 0 Å². The first-order valence-electron chi connectivity index (χ1n) is 4.98. The van der Waals surface area contributed by atoms with Gasteiger partial charge in [0.15, 0.2) is 0 Å². The fourth-order valence-corrected chi connectivity index (χ4v) is 1.41. The molecular formula is C12H14N2O. The fraction of sp³-hybridized carbons (Fsp3) is 0.250. The molecule has 1 atom stereocenters. The summed E-state index contributed by atoms with van der Waals surface area (Å²) in [5.41, 5.74) is 2.02. The van der Waals surface area contributed by atoms with Crippen molar-refractivity contribution < 1.29 is 4.42 Å². The Hall–Kier alpha value is -1.77. The fourth-order valence-electron chi connectivity index (χ4n) is 1.41. The monoisotopic (exact) mass is 202 g/mol. The van der Waals surface area contributed by atoms with Gasteiger partial charge in [0.05, 0.1) is 24.2 Å². The minimum Gasteiger partial charge on any atom is -0.467 e. The van der Waals surface area contributed by atoms with E-state index >= 15 is 0 Å². The van der Waals surface area contributed by atoms with Crippen LogP contribution in [0.4, 0.5) is 5.69 Å². The molecule has 2 aromatic rings. The van der Waals surface area contributed by atoms with Gasteiger partial charge in [0, 0.05) is 5.69 Å². The minimum absolute atomic E-state index is 0.157. The topological polar surface area (TPSA) is 38.1 Å². The summed E-state index contributed by atoms with van der Waals surface area (Å²) in [6.07, 6.45) is 3.51. The number of rotatable bonds is 3. The average molecular weight is 202 g/mol. The Morgan fingerprint density at radius 3 is 2.80 bits per heavy atom. The molecule has 2 aromatic heterocycles. The molecule has 2 heterocycles. The Balaban J connectivity index is 2.06. The van der Waals surface area contributed by atoms with Gasteiger partial charge in [-0.05, 0) is 38.1 Å². The maximum absolute atomic E-state index is 5.31. The second-order valence-corrected chi connectivity index (χ2v) is 3.57. The van der Waals surface area contributed by atoms with Gasteiger partial charge < -0.3 is 9.73 Å². The maximum atomic E-state index is 5.31. The molecule has 0 saturated carbocycles. The highest BCUT2D eigenvalue weighted by Gasteiger charge is 2.07. The van der Waals surface area contributed by atoms with Gasteiger partial charge in [-0.15, -0.1) is 0 Å². The third kappa shape index (κ3) is 2.37. The number of anilines is 1. The van der Waals surface area contributed by atoms with Crippen LogP contribution < -0.4 is 5.32 Å². The second-order valence-electron chi connectivity index (χ2n) is 3.57. The van der Waals surface area contributed by atoms with E-state index in [0.717, 1.165) is 17.1 Å². The van der Waals surface area contributed by atoms with Crippen LogP contribution in [0.25, 0.3) is 0 Å². The van der Waals surface area contributed by atoms with E-state index in [1.165, 1.54) is 0 Å². The number of hydrogen-bond acceptors (Lipinski definition) is 3. The number of hydrogen-bond donors (Lipinski definition) is 1. The predicted molar refractivity (Wildman–Crippen MR) is 59.7 cm³/mol. The van der Waals surface area contributed by atoms with Gasteiger partial charge in [0.1, 0.15) is 5.76 Å². The van der Waals surface area contributed by atoms with Crippen LogP contribution >= 0.6 is 0 Å². The van der Waals surface area contributed by atoms with Crippen LogP contribution in [0, 0.1) is 6.92 Å². The van der Waals surface area contributed by atoms with Crippen molar-refractivity contribution in [3.8, 4) is 0 Å². The second kappa shape index (κ2) is 4.17. The quantitative estimate of drug-likeness (QED) is 0.830. The zero-order valence-electron chi connectivity index (χ0n) is 8.90. The van der Waals surface area contributed by atoms with Gasteiger partial charge in [-0.3, -0.25) is 4.98 Å². The normalized spacial score (nSPS) is 12.4. The Kier molecular flexibility index (Phi) is 2.72. The maximum Gasteiger partial charge on any atom is 0.125 e. The van der Waals surface area contributed by atoms with E-state index in [-0.39, 0.29) is 6.04 Å². The van der Waals surface area contributed by atoms with E-state index in [0.29, 0.717) is 0 Å². The van der Waals surface area contributed by atoms with Crippen molar-refractivity contribution in [3.63, 3.8) is 0 Å². The third-order valence-electron chi connectivity index (χ3n) is 2.26. The van der Waals surface area contributed by atoms with Crippen molar-refractivity contribution in [2.75, 3.05) is 5.32 Å². The average Bonchev–Trinajstić information content (AvgIpc) is 2.74. The number of aryl methyl sites for hydroxylation is 1. The molecule has 0 fully saturated rings. The number of aromatic nitrogens is 1.